The maximum Gasteiger partial charge on any atom is 0.136 e. The van der Waals surface area contributed by atoms with Crippen molar-refractivity contribution in [2.75, 3.05) is 0 Å². The number of para-hydroxylation sites is 3. The number of rotatable bonds is 4. The summed E-state index contributed by atoms with van der Waals surface area (Å²) >= 11 is 0. The lowest BCUT2D eigenvalue weighted by Crippen LogP contribution is -1.95. The summed E-state index contributed by atoms with van der Waals surface area (Å²) in [5, 5.41) is 7.35. The Morgan fingerprint density at radius 2 is 0.824 bits per heavy atom. The van der Waals surface area contributed by atoms with Crippen molar-refractivity contribution in [2.24, 2.45) is 0 Å². The quantitative estimate of drug-likeness (QED) is 0.186. The Hall–Kier alpha value is -6.84. The van der Waals surface area contributed by atoms with Gasteiger partial charge < -0.3 is 13.6 Å². The second-order valence-electron chi connectivity index (χ2n) is 13.3. The highest BCUT2D eigenvalue weighted by atomic mass is 16.3. The first-order valence-electron chi connectivity index (χ1n) is 17.4. The van der Waals surface area contributed by atoms with Gasteiger partial charge in [-0.3, -0.25) is 0 Å². The van der Waals surface area contributed by atoms with Crippen LogP contribution in [0.15, 0.2) is 186 Å². The van der Waals surface area contributed by atoms with Crippen LogP contribution in [0, 0.1) is 0 Å². The van der Waals surface area contributed by atoms with Crippen molar-refractivity contribution in [1.82, 2.24) is 9.13 Å². The third-order valence-corrected chi connectivity index (χ3v) is 10.5. The lowest BCUT2D eigenvalue weighted by molar-refractivity contribution is 0.669. The lowest BCUT2D eigenvalue weighted by atomic mass is 10.0. The van der Waals surface area contributed by atoms with Gasteiger partial charge in [0.25, 0.3) is 0 Å². The molecule has 3 heteroatoms. The van der Waals surface area contributed by atoms with Gasteiger partial charge in [0.1, 0.15) is 11.2 Å². The molecule has 0 N–H and O–H groups in total. The highest BCUT2D eigenvalue weighted by Gasteiger charge is 2.20. The fourth-order valence-electron chi connectivity index (χ4n) is 8.24. The first-order valence-corrected chi connectivity index (χ1v) is 17.4. The fourth-order valence-corrected chi connectivity index (χ4v) is 8.24. The van der Waals surface area contributed by atoms with E-state index >= 15 is 0 Å². The van der Waals surface area contributed by atoms with Gasteiger partial charge in [-0.25, -0.2) is 0 Å². The summed E-state index contributed by atoms with van der Waals surface area (Å²) in [5.41, 5.74) is 13.6. The summed E-state index contributed by atoms with van der Waals surface area (Å²) in [4.78, 5) is 0. The van der Waals surface area contributed by atoms with Crippen molar-refractivity contribution in [3.63, 3.8) is 0 Å². The Labute approximate surface area is 293 Å². The molecule has 0 aliphatic heterocycles. The molecule has 11 rings (SSSR count). The van der Waals surface area contributed by atoms with Gasteiger partial charge >= 0.3 is 0 Å². The van der Waals surface area contributed by atoms with Gasteiger partial charge in [-0.1, -0.05) is 115 Å². The van der Waals surface area contributed by atoms with Crippen LogP contribution in [0.2, 0.25) is 0 Å². The average Bonchev–Trinajstić information content (AvgIpc) is 3.85. The van der Waals surface area contributed by atoms with Crippen LogP contribution < -0.4 is 0 Å². The molecule has 0 aliphatic carbocycles. The Kier molecular flexibility index (Phi) is 5.96. The largest absolute Gasteiger partial charge is 0.456 e. The van der Waals surface area contributed by atoms with Crippen LogP contribution in [0.5, 0.6) is 0 Å². The van der Waals surface area contributed by atoms with Crippen molar-refractivity contribution < 1.29 is 4.42 Å². The fraction of sp³-hybridized carbons (Fsp3) is 0. The van der Waals surface area contributed by atoms with Crippen molar-refractivity contribution in [3.05, 3.63) is 182 Å². The number of hydrogen-bond acceptors (Lipinski definition) is 1. The Morgan fingerprint density at radius 1 is 0.294 bits per heavy atom. The van der Waals surface area contributed by atoms with Gasteiger partial charge in [-0.15, -0.1) is 0 Å². The van der Waals surface area contributed by atoms with E-state index in [1.165, 1.54) is 54.7 Å². The molecule has 51 heavy (non-hydrogen) atoms. The van der Waals surface area contributed by atoms with Crippen molar-refractivity contribution >= 4 is 65.6 Å². The molecular weight excluding hydrogens is 621 g/mol. The minimum Gasteiger partial charge on any atom is -0.456 e. The maximum atomic E-state index is 6.21. The van der Waals surface area contributed by atoms with Crippen LogP contribution >= 0.6 is 0 Å². The molecule has 0 atom stereocenters. The summed E-state index contributed by atoms with van der Waals surface area (Å²) in [6.07, 6.45) is 0. The zero-order valence-corrected chi connectivity index (χ0v) is 27.6. The second-order valence-corrected chi connectivity index (χ2v) is 13.3. The lowest BCUT2D eigenvalue weighted by Gasteiger charge is -2.11. The van der Waals surface area contributed by atoms with E-state index in [0.717, 1.165) is 44.4 Å². The zero-order chi connectivity index (χ0) is 33.5. The maximum absolute atomic E-state index is 6.21. The predicted molar refractivity (Wildman–Crippen MR) is 213 cm³/mol. The summed E-state index contributed by atoms with van der Waals surface area (Å²) in [6.45, 7) is 0. The van der Waals surface area contributed by atoms with Crippen molar-refractivity contribution in [2.45, 2.75) is 0 Å². The summed E-state index contributed by atoms with van der Waals surface area (Å²) in [5.74, 6) is 0. The molecule has 8 aromatic carbocycles. The molecule has 0 fully saturated rings. The average molecular weight is 651 g/mol. The summed E-state index contributed by atoms with van der Waals surface area (Å²) < 4.78 is 11.1. The Balaban J connectivity index is 1.10. The second kappa shape index (κ2) is 10.8. The first-order chi connectivity index (χ1) is 25.3. The molecule has 0 aliphatic rings. The van der Waals surface area contributed by atoms with Crippen molar-refractivity contribution in [1.29, 1.82) is 0 Å². The van der Waals surface area contributed by atoms with E-state index in [1.807, 2.05) is 12.1 Å². The van der Waals surface area contributed by atoms with Crippen LogP contribution in [0.1, 0.15) is 0 Å². The number of fused-ring (bicyclic) bond motifs is 10. The minimum absolute atomic E-state index is 0.912. The highest BCUT2D eigenvalue weighted by molar-refractivity contribution is 6.29. The van der Waals surface area contributed by atoms with E-state index in [-0.39, 0.29) is 0 Å². The van der Waals surface area contributed by atoms with Crippen LogP contribution in [-0.2, 0) is 0 Å². The van der Waals surface area contributed by atoms with Gasteiger partial charge in [0.15, 0.2) is 0 Å². The zero-order valence-electron chi connectivity index (χ0n) is 27.6. The predicted octanol–water partition coefficient (Wildman–Crippen LogP) is 13.1. The van der Waals surface area contributed by atoms with E-state index in [2.05, 4.69) is 179 Å². The van der Waals surface area contributed by atoms with E-state index in [0.29, 0.717) is 0 Å². The molecule has 0 bridgehead atoms. The van der Waals surface area contributed by atoms with Gasteiger partial charge in [0.2, 0.25) is 0 Å². The molecule has 0 amide bonds. The standard InChI is InChI=1S/C48H30N2O/c1-2-11-31(12-3-1)33-13-10-14-36(29-33)50-42-19-8-5-17-40(42)48-44(50)28-27-43-47(48)39-16-4-7-18-41(39)49(43)35-24-21-32(22-25-35)34-23-26-38-37-15-6-9-20-45(37)51-46(38)30-34/h1-30H. The monoisotopic (exact) mass is 650 g/mol. The number of benzene rings is 8. The molecule has 0 radical (unpaired) electrons. The summed E-state index contributed by atoms with van der Waals surface area (Å²) in [7, 11) is 0. The molecule has 3 nitrogen and oxygen atoms in total. The van der Waals surface area contributed by atoms with Crippen LogP contribution in [0.4, 0.5) is 0 Å². The number of aromatic nitrogens is 2. The highest BCUT2D eigenvalue weighted by Crippen LogP contribution is 2.43. The molecule has 0 unspecified atom stereocenters. The number of furan rings is 1. The van der Waals surface area contributed by atoms with Gasteiger partial charge in [-0.2, -0.15) is 0 Å². The Morgan fingerprint density at radius 3 is 1.55 bits per heavy atom. The minimum atomic E-state index is 0.912. The van der Waals surface area contributed by atoms with Crippen molar-refractivity contribution in [3.8, 4) is 33.6 Å². The molecule has 11 aromatic rings. The normalized spacial score (nSPS) is 11.9. The third kappa shape index (κ3) is 4.19. The third-order valence-electron chi connectivity index (χ3n) is 10.5. The topological polar surface area (TPSA) is 23.0 Å². The van der Waals surface area contributed by atoms with Crippen LogP contribution in [0.25, 0.3) is 99.2 Å². The molecule has 3 aromatic heterocycles. The van der Waals surface area contributed by atoms with E-state index in [9.17, 15) is 0 Å². The van der Waals surface area contributed by atoms with Gasteiger partial charge in [0, 0.05) is 43.7 Å². The molecule has 0 saturated carbocycles. The number of hydrogen-bond donors (Lipinski definition) is 0. The summed E-state index contributed by atoms with van der Waals surface area (Å²) in [6, 6.07) is 65.5. The number of nitrogens with zero attached hydrogens (tertiary/aromatic N) is 2. The first kappa shape index (κ1) is 28.0. The molecule has 0 saturated heterocycles. The van der Waals surface area contributed by atoms with E-state index in [1.54, 1.807) is 0 Å². The van der Waals surface area contributed by atoms with Crippen LogP contribution in [0.3, 0.4) is 0 Å². The Bertz CT molecular complexity index is 3120. The van der Waals surface area contributed by atoms with Gasteiger partial charge in [-0.05, 0) is 89.0 Å². The molecular formula is C48H30N2O. The SMILES string of the molecule is c1ccc(-c2cccc(-n3c4ccccc4c4c5c6ccccc6n(-c6ccc(-c7ccc8c(c7)oc7ccccc78)cc6)c5ccc43)c2)cc1. The molecule has 0 spiro atoms. The molecule has 3 heterocycles. The molecule has 238 valence electrons. The van der Waals surface area contributed by atoms with Gasteiger partial charge in [0.05, 0.1) is 22.1 Å². The van der Waals surface area contributed by atoms with Crippen LogP contribution in [-0.4, -0.2) is 9.13 Å². The van der Waals surface area contributed by atoms with E-state index in [4.69, 9.17) is 4.42 Å². The van der Waals surface area contributed by atoms with E-state index < -0.39 is 0 Å². The smallest absolute Gasteiger partial charge is 0.136 e.